The van der Waals surface area contributed by atoms with E-state index < -0.39 is 6.04 Å². The van der Waals surface area contributed by atoms with Gasteiger partial charge in [0.15, 0.2) is 0 Å². The Labute approximate surface area is 193 Å². The number of hydrogen-bond acceptors (Lipinski definition) is 7. The summed E-state index contributed by atoms with van der Waals surface area (Å²) in [7, 11) is 1.58. The molecule has 0 bridgehead atoms. The standard InChI is InChI=1S/C24H29N7O2/c1-15-5-7-19(9-16(15)2)29-24(32)20(11-25)27-12-21(30-26)18-6-8-22(23(10-18)33-4)31-13-17(3)28-14-31/h5-10,12-14,20H,11,25-26H2,1-4H3,(H,29,32)/b27-12?,30-21+. The second-order valence-corrected chi connectivity index (χ2v) is 7.64. The zero-order valence-electron chi connectivity index (χ0n) is 19.2. The van der Waals surface area contributed by atoms with Crippen LogP contribution in [0.25, 0.3) is 5.69 Å². The van der Waals surface area contributed by atoms with Crippen molar-refractivity contribution in [1.29, 1.82) is 0 Å². The van der Waals surface area contributed by atoms with Gasteiger partial charge in [0, 0.05) is 24.0 Å². The third-order valence-corrected chi connectivity index (χ3v) is 5.28. The first-order chi connectivity index (χ1) is 15.9. The molecule has 0 aliphatic heterocycles. The Morgan fingerprint density at radius 1 is 1.21 bits per heavy atom. The van der Waals surface area contributed by atoms with Crippen LogP contribution in [0.5, 0.6) is 5.75 Å². The molecule has 1 amide bonds. The van der Waals surface area contributed by atoms with Crippen LogP contribution in [0.15, 0.2) is 59.0 Å². The number of nitrogens with two attached hydrogens (primary N) is 2. The van der Waals surface area contributed by atoms with E-state index in [4.69, 9.17) is 16.3 Å². The van der Waals surface area contributed by atoms with Gasteiger partial charge in [0.25, 0.3) is 0 Å². The molecule has 1 aromatic heterocycles. The average molecular weight is 448 g/mol. The smallest absolute Gasteiger partial charge is 0.250 e. The van der Waals surface area contributed by atoms with Crippen LogP contribution in [0.2, 0.25) is 0 Å². The molecule has 9 nitrogen and oxygen atoms in total. The first kappa shape index (κ1) is 23.7. The number of benzene rings is 2. The van der Waals surface area contributed by atoms with Crippen LogP contribution in [-0.2, 0) is 4.79 Å². The number of ether oxygens (including phenoxy) is 1. The minimum atomic E-state index is -0.793. The summed E-state index contributed by atoms with van der Waals surface area (Å²) in [6.07, 6.45) is 5.07. The summed E-state index contributed by atoms with van der Waals surface area (Å²) >= 11 is 0. The topological polar surface area (TPSA) is 133 Å². The number of rotatable bonds is 8. The van der Waals surface area contributed by atoms with Crippen molar-refractivity contribution in [2.75, 3.05) is 19.0 Å². The van der Waals surface area contributed by atoms with E-state index in [2.05, 4.69) is 20.4 Å². The summed E-state index contributed by atoms with van der Waals surface area (Å²) in [5, 5.41) is 6.69. The van der Waals surface area contributed by atoms with Crippen LogP contribution in [0.1, 0.15) is 22.4 Å². The number of nitrogens with one attached hydrogen (secondary N) is 1. The van der Waals surface area contributed by atoms with Crippen molar-refractivity contribution in [1.82, 2.24) is 9.55 Å². The molecule has 0 fully saturated rings. The molecular formula is C24H29N7O2. The lowest BCUT2D eigenvalue weighted by Gasteiger charge is -2.13. The molecule has 0 spiro atoms. The number of aliphatic imine (C=N–C) groups is 1. The lowest BCUT2D eigenvalue weighted by molar-refractivity contribution is -0.117. The average Bonchev–Trinajstić information content (AvgIpc) is 3.24. The Bertz CT molecular complexity index is 1200. The Balaban J connectivity index is 1.78. The quantitative estimate of drug-likeness (QED) is 0.277. The fraction of sp³-hybridized carbons (Fsp3) is 0.250. The highest BCUT2D eigenvalue weighted by Gasteiger charge is 2.16. The lowest BCUT2D eigenvalue weighted by Crippen LogP contribution is -2.33. The number of carbonyl (C=O) groups excluding carboxylic acids is 1. The van der Waals surface area contributed by atoms with E-state index in [1.54, 1.807) is 19.5 Å². The number of hydrazone groups is 1. The Morgan fingerprint density at radius 3 is 2.61 bits per heavy atom. The van der Waals surface area contributed by atoms with Crippen molar-refractivity contribution in [2.45, 2.75) is 26.8 Å². The predicted molar refractivity (Wildman–Crippen MR) is 131 cm³/mol. The molecule has 9 heteroatoms. The van der Waals surface area contributed by atoms with E-state index in [0.717, 1.165) is 22.5 Å². The molecule has 0 saturated heterocycles. The maximum Gasteiger partial charge on any atom is 0.250 e. The Morgan fingerprint density at radius 2 is 2.00 bits per heavy atom. The molecular weight excluding hydrogens is 418 g/mol. The molecule has 1 atom stereocenters. The molecule has 0 radical (unpaired) electrons. The molecule has 0 aliphatic carbocycles. The van der Waals surface area contributed by atoms with Crippen molar-refractivity contribution in [2.24, 2.45) is 21.7 Å². The van der Waals surface area contributed by atoms with Gasteiger partial charge in [0.1, 0.15) is 17.5 Å². The van der Waals surface area contributed by atoms with Gasteiger partial charge in [0.05, 0.1) is 31.0 Å². The van der Waals surface area contributed by atoms with Crippen LogP contribution < -0.4 is 21.6 Å². The molecule has 2 aromatic carbocycles. The minimum absolute atomic E-state index is 0.0350. The number of carbonyl (C=O) groups is 1. The second kappa shape index (κ2) is 10.6. The number of methoxy groups -OCH3 is 1. The largest absolute Gasteiger partial charge is 0.495 e. The van der Waals surface area contributed by atoms with Crippen LogP contribution >= 0.6 is 0 Å². The number of anilines is 1. The first-order valence-corrected chi connectivity index (χ1v) is 10.4. The normalized spacial score (nSPS) is 12.7. The van der Waals surface area contributed by atoms with E-state index in [9.17, 15) is 4.79 Å². The Kier molecular flexibility index (Phi) is 7.57. The molecule has 172 valence electrons. The molecule has 33 heavy (non-hydrogen) atoms. The molecule has 3 aromatic rings. The van der Waals surface area contributed by atoms with Crippen molar-refractivity contribution in [3.8, 4) is 11.4 Å². The maximum absolute atomic E-state index is 12.7. The summed E-state index contributed by atoms with van der Waals surface area (Å²) < 4.78 is 7.41. The van der Waals surface area contributed by atoms with E-state index in [0.29, 0.717) is 22.7 Å². The van der Waals surface area contributed by atoms with Crippen LogP contribution in [0.3, 0.4) is 0 Å². The van der Waals surface area contributed by atoms with Crippen LogP contribution in [0.4, 0.5) is 5.69 Å². The van der Waals surface area contributed by atoms with Gasteiger partial charge in [-0.05, 0) is 56.2 Å². The van der Waals surface area contributed by atoms with E-state index >= 15 is 0 Å². The van der Waals surface area contributed by atoms with Crippen molar-refractivity contribution in [3.63, 3.8) is 0 Å². The van der Waals surface area contributed by atoms with E-state index in [1.165, 1.54) is 6.21 Å². The monoisotopic (exact) mass is 447 g/mol. The van der Waals surface area contributed by atoms with Gasteiger partial charge in [-0.15, -0.1) is 0 Å². The fourth-order valence-electron chi connectivity index (χ4n) is 3.23. The fourth-order valence-corrected chi connectivity index (χ4v) is 3.23. The maximum atomic E-state index is 12.7. The zero-order chi connectivity index (χ0) is 24.0. The molecule has 3 rings (SSSR count). The number of aryl methyl sites for hydroxylation is 3. The summed E-state index contributed by atoms with van der Waals surface area (Å²) in [5.74, 6) is 5.92. The predicted octanol–water partition coefficient (Wildman–Crippen LogP) is 2.51. The van der Waals surface area contributed by atoms with Gasteiger partial charge in [0.2, 0.25) is 5.91 Å². The van der Waals surface area contributed by atoms with Gasteiger partial charge in [-0.3, -0.25) is 9.79 Å². The minimum Gasteiger partial charge on any atom is -0.495 e. The van der Waals surface area contributed by atoms with Crippen LogP contribution in [0, 0.1) is 20.8 Å². The van der Waals surface area contributed by atoms with Gasteiger partial charge >= 0.3 is 0 Å². The first-order valence-electron chi connectivity index (χ1n) is 10.4. The third-order valence-electron chi connectivity index (χ3n) is 5.28. The number of nitrogens with zero attached hydrogens (tertiary/aromatic N) is 4. The number of amides is 1. The molecule has 0 saturated carbocycles. The van der Waals surface area contributed by atoms with Crippen LogP contribution in [-0.4, -0.2) is 47.1 Å². The third kappa shape index (κ3) is 5.64. The van der Waals surface area contributed by atoms with E-state index in [1.807, 2.05) is 61.9 Å². The van der Waals surface area contributed by atoms with Crippen molar-refractivity contribution in [3.05, 3.63) is 71.3 Å². The molecule has 5 N–H and O–H groups in total. The van der Waals surface area contributed by atoms with Gasteiger partial charge in [-0.1, -0.05) is 12.1 Å². The zero-order valence-corrected chi connectivity index (χ0v) is 19.2. The highest BCUT2D eigenvalue weighted by Crippen LogP contribution is 2.25. The lowest BCUT2D eigenvalue weighted by atomic mass is 10.1. The van der Waals surface area contributed by atoms with Gasteiger partial charge < -0.3 is 26.2 Å². The van der Waals surface area contributed by atoms with Gasteiger partial charge in [-0.25, -0.2) is 4.98 Å². The SMILES string of the molecule is COc1cc(/C(C=NC(CN)C(=O)Nc2ccc(C)c(C)c2)=N/N)ccc1-n1cnc(C)c1. The molecule has 1 unspecified atom stereocenters. The van der Waals surface area contributed by atoms with E-state index in [-0.39, 0.29) is 12.5 Å². The summed E-state index contributed by atoms with van der Waals surface area (Å²) in [4.78, 5) is 21.3. The Hall–Kier alpha value is -3.98. The van der Waals surface area contributed by atoms with Crippen molar-refractivity contribution < 1.29 is 9.53 Å². The number of imidazole rings is 1. The highest BCUT2D eigenvalue weighted by atomic mass is 16.5. The highest BCUT2D eigenvalue weighted by molar-refractivity contribution is 6.38. The van der Waals surface area contributed by atoms with Gasteiger partial charge in [-0.2, -0.15) is 5.10 Å². The summed E-state index contributed by atoms with van der Waals surface area (Å²) in [6, 6.07) is 10.4. The second-order valence-electron chi connectivity index (χ2n) is 7.64. The summed E-state index contributed by atoms with van der Waals surface area (Å²) in [5.41, 5.74) is 11.5. The molecule has 1 heterocycles. The molecule has 0 aliphatic rings. The number of aromatic nitrogens is 2. The number of hydrogen-bond donors (Lipinski definition) is 3. The summed E-state index contributed by atoms with van der Waals surface area (Å²) in [6.45, 7) is 5.95. The van der Waals surface area contributed by atoms with Crippen molar-refractivity contribution >= 4 is 23.5 Å².